The number of nitrogens with one attached hydrogen (secondary N) is 2. The number of rotatable bonds is 7. The number of anilines is 1. The number of aryl methyl sites for hydroxylation is 1. The normalized spacial score (nSPS) is 15.3. The molecule has 0 aromatic carbocycles. The van der Waals surface area contributed by atoms with Gasteiger partial charge in [-0.1, -0.05) is 19.9 Å². The van der Waals surface area contributed by atoms with Gasteiger partial charge in [0, 0.05) is 44.8 Å². The van der Waals surface area contributed by atoms with Crippen LogP contribution in [-0.4, -0.2) is 43.2 Å². The van der Waals surface area contributed by atoms with Crippen molar-refractivity contribution in [2.75, 3.05) is 31.1 Å². The minimum absolute atomic E-state index is 0. The molecule has 3 rings (SSSR count). The van der Waals surface area contributed by atoms with Gasteiger partial charge in [0.1, 0.15) is 11.6 Å². The number of aliphatic imine (C=N–C) groups is 1. The molecular weight excluding hydrogens is 477 g/mol. The van der Waals surface area contributed by atoms with Crippen LogP contribution in [0.1, 0.15) is 38.0 Å². The van der Waals surface area contributed by atoms with E-state index in [9.17, 15) is 0 Å². The molecule has 0 radical (unpaired) electrons. The number of halogens is 1. The first-order chi connectivity index (χ1) is 13.6. The summed E-state index contributed by atoms with van der Waals surface area (Å²) in [5.74, 6) is 3.52. The molecule has 160 valence electrons. The van der Waals surface area contributed by atoms with Gasteiger partial charge < -0.3 is 20.0 Å². The Hall–Kier alpha value is -1.77. The predicted molar refractivity (Wildman–Crippen MR) is 130 cm³/mol. The standard InChI is InChI=1S/C22H33N5O.HI/c1-17(2)15-25-22(23-11-8-20-5-4-14-28-20)26-19-9-12-27(13-10-19)21-7-6-18(3)16-24-21;/h4-7,14,16-17,19H,8-13,15H2,1-3H3,(H2,23,25,26);1H. The van der Waals surface area contributed by atoms with Crippen LogP contribution in [0.3, 0.4) is 0 Å². The van der Waals surface area contributed by atoms with E-state index in [0.29, 0.717) is 12.0 Å². The minimum atomic E-state index is 0. The third kappa shape index (κ3) is 7.87. The zero-order chi connectivity index (χ0) is 19.8. The number of aromatic nitrogens is 1. The minimum Gasteiger partial charge on any atom is -0.469 e. The van der Waals surface area contributed by atoms with E-state index in [-0.39, 0.29) is 24.0 Å². The van der Waals surface area contributed by atoms with Gasteiger partial charge >= 0.3 is 0 Å². The van der Waals surface area contributed by atoms with Gasteiger partial charge in [0.2, 0.25) is 0 Å². The molecule has 6 nitrogen and oxygen atoms in total. The highest BCUT2D eigenvalue weighted by Gasteiger charge is 2.21. The van der Waals surface area contributed by atoms with Gasteiger partial charge in [0.25, 0.3) is 0 Å². The number of furan rings is 1. The second kappa shape index (κ2) is 12.0. The summed E-state index contributed by atoms with van der Waals surface area (Å²) < 4.78 is 5.41. The fourth-order valence-electron chi connectivity index (χ4n) is 3.28. The van der Waals surface area contributed by atoms with Gasteiger partial charge in [-0.15, -0.1) is 24.0 Å². The van der Waals surface area contributed by atoms with Crippen LogP contribution in [0.2, 0.25) is 0 Å². The number of nitrogens with zero attached hydrogens (tertiary/aromatic N) is 3. The lowest BCUT2D eigenvalue weighted by Crippen LogP contribution is -2.49. The van der Waals surface area contributed by atoms with E-state index in [1.54, 1.807) is 6.26 Å². The third-order valence-electron chi connectivity index (χ3n) is 4.91. The number of hydrogen-bond acceptors (Lipinski definition) is 4. The molecule has 7 heteroatoms. The third-order valence-corrected chi connectivity index (χ3v) is 4.91. The summed E-state index contributed by atoms with van der Waals surface area (Å²) in [7, 11) is 0. The van der Waals surface area contributed by atoms with Crippen LogP contribution in [0.5, 0.6) is 0 Å². The van der Waals surface area contributed by atoms with Crippen LogP contribution in [0, 0.1) is 12.8 Å². The Balaban J connectivity index is 0.00000300. The van der Waals surface area contributed by atoms with Crippen LogP contribution in [0.15, 0.2) is 46.1 Å². The van der Waals surface area contributed by atoms with Crippen molar-refractivity contribution >= 4 is 35.8 Å². The van der Waals surface area contributed by atoms with Gasteiger partial charge in [-0.2, -0.15) is 0 Å². The second-order valence-corrected chi connectivity index (χ2v) is 7.94. The summed E-state index contributed by atoms with van der Waals surface area (Å²) in [6.45, 7) is 10.1. The molecule has 1 aliphatic rings. The van der Waals surface area contributed by atoms with Crippen molar-refractivity contribution in [2.24, 2.45) is 10.9 Å². The lowest BCUT2D eigenvalue weighted by atomic mass is 10.1. The molecule has 1 fully saturated rings. The first-order valence-electron chi connectivity index (χ1n) is 10.3. The summed E-state index contributed by atoms with van der Waals surface area (Å²) in [4.78, 5) is 11.7. The molecule has 0 unspecified atom stereocenters. The van der Waals surface area contributed by atoms with Crippen LogP contribution in [-0.2, 0) is 6.42 Å². The smallest absolute Gasteiger partial charge is 0.191 e. The number of piperidine rings is 1. The predicted octanol–water partition coefficient (Wildman–Crippen LogP) is 4.00. The molecule has 0 saturated carbocycles. The van der Waals surface area contributed by atoms with Gasteiger partial charge in [-0.3, -0.25) is 4.99 Å². The zero-order valence-corrected chi connectivity index (χ0v) is 20.1. The molecule has 29 heavy (non-hydrogen) atoms. The molecule has 0 atom stereocenters. The number of pyridine rings is 1. The van der Waals surface area contributed by atoms with E-state index in [1.807, 2.05) is 18.3 Å². The van der Waals surface area contributed by atoms with E-state index in [0.717, 1.165) is 63.0 Å². The van der Waals surface area contributed by atoms with E-state index in [2.05, 4.69) is 53.4 Å². The second-order valence-electron chi connectivity index (χ2n) is 7.94. The molecule has 1 aliphatic heterocycles. The van der Waals surface area contributed by atoms with Crippen LogP contribution >= 0.6 is 24.0 Å². The van der Waals surface area contributed by atoms with Gasteiger partial charge in [0.15, 0.2) is 5.96 Å². The lowest BCUT2D eigenvalue weighted by Gasteiger charge is -2.34. The van der Waals surface area contributed by atoms with Crippen molar-refractivity contribution in [3.8, 4) is 0 Å². The zero-order valence-electron chi connectivity index (χ0n) is 17.7. The largest absolute Gasteiger partial charge is 0.469 e. The van der Waals surface area contributed by atoms with E-state index in [4.69, 9.17) is 9.41 Å². The summed E-state index contributed by atoms with van der Waals surface area (Å²) in [6, 6.07) is 8.62. The monoisotopic (exact) mass is 511 g/mol. The maximum absolute atomic E-state index is 5.41. The summed E-state index contributed by atoms with van der Waals surface area (Å²) >= 11 is 0. The highest BCUT2D eigenvalue weighted by atomic mass is 127. The van der Waals surface area contributed by atoms with Gasteiger partial charge in [-0.05, 0) is 49.4 Å². The van der Waals surface area contributed by atoms with Crippen LogP contribution in [0.4, 0.5) is 5.82 Å². The van der Waals surface area contributed by atoms with Gasteiger partial charge in [0.05, 0.1) is 6.26 Å². The van der Waals surface area contributed by atoms with Crippen molar-refractivity contribution in [3.05, 3.63) is 48.0 Å². The maximum Gasteiger partial charge on any atom is 0.191 e. The van der Waals surface area contributed by atoms with E-state index < -0.39 is 0 Å². The van der Waals surface area contributed by atoms with Crippen molar-refractivity contribution < 1.29 is 4.42 Å². The number of hydrogen-bond donors (Lipinski definition) is 2. The average molecular weight is 511 g/mol. The lowest BCUT2D eigenvalue weighted by molar-refractivity contribution is 0.457. The van der Waals surface area contributed by atoms with Crippen molar-refractivity contribution in [1.82, 2.24) is 15.6 Å². The van der Waals surface area contributed by atoms with E-state index in [1.165, 1.54) is 5.56 Å². The first-order valence-corrected chi connectivity index (χ1v) is 10.3. The molecule has 0 bridgehead atoms. The van der Waals surface area contributed by atoms with Crippen molar-refractivity contribution in [1.29, 1.82) is 0 Å². The number of guanidine groups is 1. The van der Waals surface area contributed by atoms with Gasteiger partial charge in [-0.25, -0.2) is 4.98 Å². The Bertz CT molecular complexity index is 722. The highest BCUT2D eigenvalue weighted by molar-refractivity contribution is 14.0. The van der Waals surface area contributed by atoms with Crippen LogP contribution < -0.4 is 15.5 Å². The van der Waals surface area contributed by atoms with Crippen molar-refractivity contribution in [3.63, 3.8) is 0 Å². The molecule has 2 aromatic heterocycles. The molecule has 2 N–H and O–H groups in total. The fraction of sp³-hybridized carbons (Fsp3) is 0.545. The Morgan fingerprint density at radius 1 is 1.28 bits per heavy atom. The first kappa shape index (κ1) is 23.5. The quantitative estimate of drug-likeness (QED) is 0.334. The van der Waals surface area contributed by atoms with Crippen LogP contribution in [0.25, 0.3) is 0 Å². The summed E-state index contributed by atoms with van der Waals surface area (Å²) in [5.41, 5.74) is 1.20. The molecule has 0 aliphatic carbocycles. The molecule has 0 amide bonds. The highest BCUT2D eigenvalue weighted by Crippen LogP contribution is 2.18. The Labute approximate surface area is 191 Å². The van der Waals surface area contributed by atoms with Crippen molar-refractivity contribution in [2.45, 2.75) is 46.1 Å². The maximum atomic E-state index is 5.41. The topological polar surface area (TPSA) is 65.7 Å². The summed E-state index contributed by atoms with van der Waals surface area (Å²) in [6.07, 6.45) is 6.68. The Morgan fingerprint density at radius 2 is 2.07 bits per heavy atom. The molecule has 2 aromatic rings. The fourth-order valence-corrected chi connectivity index (χ4v) is 3.28. The average Bonchev–Trinajstić information content (AvgIpc) is 3.21. The molecule has 3 heterocycles. The summed E-state index contributed by atoms with van der Waals surface area (Å²) in [5, 5.41) is 7.10. The Morgan fingerprint density at radius 3 is 2.69 bits per heavy atom. The SMILES string of the molecule is Cc1ccc(N2CCC(NC(=NCC(C)C)NCCc3ccco3)CC2)nc1.I. The molecule has 1 saturated heterocycles. The Kier molecular flexibility index (Phi) is 9.76. The van der Waals surface area contributed by atoms with E-state index >= 15 is 0 Å². The molecular formula is C22H34IN5O. The molecule has 0 spiro atoms.